The highest BCUT2D eigenvalue weighted by Gasteiger charge is 2.33. The number of likely N-dealkylation sites (tertiary alicyclic amines) is 1. The van der Waals surface area contributed by atoms with Gasteiger partial charge in [-0.3, -0.25) is 4.90 Å². The Morgan fingerprint density at radius 1 is 1.06 bits per heavy atom. The lowest BCUT2D eigenvalue weighted by molar-refractivity contribution is 0.0531. The van der Waals surface area contributed by atoms with Crippen molar-refractivity contribution in [1.29, 1.82) is 0 Å². The molecule has 0 aromatic rings. The van der Waals surface area contributed by atoms with Crippen LogP contribution >= 0.6 is 0 Å². The number of piperidine rings is 2. The van der Waals surface area contributed by atoms with Crippen molar-refractivity contribution < 1.29 is 0 Å². The number of rotatable bonds is 1. The molecule has 17 heavy (non-hydrogen) atoms. The molecule has 2 aliphatic heterocycles. The highest BCUT2D eigenvalue weighted by Crippen LogP contribution is 2.35. The molecule has 0 aromatic heterocycles. The highest BCUT2D eigenvalue weighted by molar-refractivity contribution is 4.88. The minimum atomic E-state index is 0.503. The third kappa shape index (κ3) is 3.23. The molecule has 2 rings (SSSR count). The molecule has 0 amide bonds. The zero-order valence-electron chi connectivity index (χ0n) is 12.1. The topological polar surface area (TPSA) is 15.3 Å². The third-order valence-electron chi connectivity index (χ3n) is 5.01. The Kier molecular flexibility index (Phi) is 4.14. The van der Waals surface area contributed by atoms with Crippen LogP contribution in [0.3, 0.4) is 0 Å². The molecular weight excluding hydrogens is 208 g/mol. The van der Waals surface area contributed by atoms with Gasteiger partial charge in [-0.05, 0) is 56.1 Å². The van der Waals surface area contributed by atoms with Crippen LogP contribution in [0.4, 0.5) is 0 Å². The van der Waals surface area contributed by atoms with Crippen molar-refractivity contribution in [2.45, 2.75) is 53.0 Å². The Labute approximate surface area is 107 Å². The fourth-order valence-electron chi connectivity index (χ4n) is 3.56. The second-order valence-corrected chi connectivity index (χ2v) is 7.21. The van der Waals surface area contributed by atoms with Gasteiger partial charge >= 0.3 is 0 Å². The van der Waals surface area contributed by atoms with Gasteiger partial charge in [-0.25, -0.2) is 0 Å². The van der Waals surface area contributed by atoms with E-state index >= 15 is 0 Å². The minimum Gasteiger partial charge on any atom is -0.315 e. The highest BCUT2D eigenvalue weighted by atomic mass is 15.2. The zero-order valence-corrected chi connectivity index (χ0v) is 12.1. The fraction of sp³-hybridized carbons (Fsp3) is 1.00. The van der Waals surface area contributed by atoms with E-state index in [2.05, 4.69) is 37.9 Å². The molecule has 2 aliphatic rings. The SMILES string of the molecule is CC1CCNCC1N1CCC(C(C)(C)C)CC1. The molecule has 2 nitrogen and oxygen atoms in total. The Hall–Kier alpha value is -0.0800. The van der Waals surface area contributed by atoms with E-state index in [4.69, 9.17) is 0 Å². The van der Waals surface area contributed by atoms with E-state index in [9.17, 15) is 0 Å². The standard InChI is InChI=1S/C15H30N2/c1-12-5-8-16-11-14(12)17-9-6-13(7-10-17)15(2,3)4/h12-14,16H,5-11H2,1-4H3. The second kappa shape index (κ2) is 5.27. The van der Waals surface area contributed by atoms with Gasteiger partial charge in [0.1, 0.15) is 0 Å². The van der Waals surface area contributed by atoms with Gasteiger partial charge < -0.3 is 5.32 Å². The largest absolute Gasteiger partial charge is 0.315 e. The van der Waals surface area contributed by atoms with Gasteiger partial charge in [0, 0.05) is 12.6 Å². The molecule has 2 saturated heterocycles. The fourth-order valence-corrected chi connectivity index (χ4v) is 3.56. The number of nitrogens with one attached hydrogen (secondary N) is 1. The first kappa shape index (κ1) is 13.4. The van der Waals surface area contributed by atoms with Crippen LogP contribution < -0.4 is 5.32 Å². The van der Waals surface area contributed by atoms with Crippen LogP contribution in [-0.2, 0) is 0 Å². The van der Waals surface area contributed by atoms with E-state index in [0.29, 0.717) is 5.41 Å². The summed E-state index contributed by atoms with van der Waals surface area (Å²) < 4.78 is 0. The molecule has 0 spiro atoms. The van der Waals surface area contributed by atoms with E-state index in [-0.39, 0.29) is 0 Å². The van der Waals surface area contributed by atoms with Crippen molar-refractivity contribution in [2.75, 3.05) is 26.2 Å². The smallest absolute Gasteiger partial charge is 0.0246 e. The normalized spacial score (nSPS) is 33.9. The quantitative estimate of drug-likeness (QED) is 0.755. The average molecular weight is 238 g/mol. The van der Waals surface area contributed by atoms with E-state index in [1.807, 2.05) is 0 Å². The maximum absolute atomic E-state index is 3.56. The number of hydrogen-bond donors (Lipinski definition) is 1. The van der Waals surface area contributed by atoms with Crippen LogP contribution in [0, 0.1) is 17.3 Å². The van der Waals surface area contributed by atoms with Gasteiger partial charge in [-0.15, -0.1) is 0 Å². The van der Waals surface area contributed by atoms with Crippen molar-refractivity contribution in [3.8, 4) is 0 Å². The summed E-state index contributed by atoms with van der Waals surface area (Å²) in [5.41, 5.74) is 0.503. The van der Waals surface area contributed by atoms with Crippen molar-refractivity contribution in [3.05, 3.63) is 0 Å². The summed E-state index contributed by atoms with van der Waals surface area (Å²) >= 11 is 0. The zero-order chi connectivity index (χ0) is 12.5. The molecule has 100 valence electrons. The monoisotopic (exact) mass is 238 g/mol. The molecule has 2 unspecified atom stereocenters. The Bertz CT molecular complexity index is 236. The molecule has 0 aromatic carbocycles. The first-order valence-electron chi connectivity index (χ1n) is 7.43. The lowest BCUT2D eigenvalue weighted by Crippen LogP contribution is -2.53. The van der Waals surface area contributed by atoms with E-state index in [0.717, 1.165) is 17.9 Å². The van der Waals surface area contributed by atoms with Gasteiger partial charge in [0.15, 0.2) is 0 Å². The third-order valence-corrected chi connectivity index (χ3v) is 5.01. The van der Waals surface area contributed by atoms with Gasteiger partial charge in [-0.1, -0.05) is 27.7 Å². The number of hydrogen-bond acceptors (Lipinski definition) is 2. The Morgan fingerprint density at radius 3 is 2.24 bits per heavy atom. The Balaban J connectivity index is 1.86. The summed E-state index contributed by atoms with van der Waals surface area (Å²) in [6.45, 7) is 14.7. The lowest BCUT2D eigenvalue weighted by atomic mass is 9.75. The molecule has 1 N–H and O–H groups in total. The molecule has 2 heterocycles. The molecule has 0 bridgehead atoms. The minimum absolute atomic E-state index is 0.503. The maximum Gasteiger partial charge on any atom is 0.0246 e. The summed E-state index contributed by atoms with van der Waals surface area (Å²) in [6, 6.07) is 0.796. The van der Waals surface area contributed by atoms with Crippen LogP contribution in [0.5, 0.6) is 0 Å². The predicted octanol–water partition coefficient (Wildman–Crippen LogP) is 2.74. The van der Waals surface area contributed by atoms with Crippen LogP contribution in [0.1, 0.15) is 47.0 Å². The van der Waals surface area contributed by atoms with Gasteiger partial charge in [0.05, 0.1) is 0 Å². The molecular formula is C15H30N2. The molecule has 2 fully saturated rings. The van der Waals surface area contributed by atoms with E-state index in [1.165, 1.54) is 45.4 Å². The maximum atomic E-state index is 3.56. The summed E-state index contributed by atoms with van der Waals surface area (Å²) in [7, 11) is 0. The molecule has 0 saturated carbocycles. The molecule has 2 heteroatoms. The van der Waals surface area contributed by atoms with E-state index < -0.39 is 0 Å². The van der Waals surface area contributed by atoms with Crippen LogP contribution in [0.25, 0.3) is 0 Å². The molecule has 2 atom stereocenters. The lowest BCUT2D eigenvalue weighted by Gasteiger charge is -2.45. The summed E-state index contributed by atoms with van der Waals surface area (Å²) in [6.07, 6.45) is 4.14. The predicted molar refractivity (Wildman–Crippen MR) is 74.2 cm³/mol. The second-order valence-electron chi connectivity index (χ2n) is 7.21. The van der Waals surface area contributed by atoms with Gasteiger partial charge in [-0.2, -0.15) is 0 Å². The summed E-state index contributed by atoms with van der Waals surface area (Å²) in [4.78, 5) is 2.75. The van der Waals surface area contributed by atoms with Crippen LogP contribution in [-0.4, -0.2) is 37.1 Å². The molecule has 0 radical (unpaired) electrons. The van der Waals surface area contributed by atoms with Gasteiger partial charge in [0.2, 0.25) is 0 Å². The van der Waals surface area contributed by atoms with E-state index in [1.54, 1.807) is 0 Å². The molecule has 0 aliphatic carbocycles. The first-order chi connectivity index (χ1) is 7.98. The number of nitrogens with zero attached hydrogens (tertiary/aromatic N) is 1. The average Bonchev–Trinajstić information content (AvgIpc) is 2.29. The van der Waals surface area contributed by atoms with Crippen molar-refractivity contribution in [3.63, 3.8) is 0 Å². The van der Waals surface area contributed by atoms with Crippen LogP contribution in [0.2, 0.25) is 0 Å². The van der Waals surface area contributed by atoms with Crippen molar-refractivity contribution in [2.24, 2.45) is 17.3 Å². The van der Waals surface area contributed by atoms with Crippen molar-refractivity contribution in [1.82, 2.24) is 10.2 Å². The van der Waals surface area contributed by atoms with Crippen LogP contribution in [0.15, 0.2) is 0 Å². The van der Waals surface area contributed by atoms with Gasteiger partial charge in [0.25, 0.3) is 0 Å². The summed E-state index contributed by atoms with van der Waals surface area (Å²) in [5, 5.41) is 3.56. The first-order valence-corrected chi connectivity index (χ1v) is 7.43. The summed E-state index contributed by atoms with van der Waals surface area (Å²) in [5.74, 6) is 1.80. The van der Waals surface area contributed by atoms with Crippen molar-refractivity contribution >= 4 is 0 Å². The Morgan fingerprint density at radius 2 is 1.71 bits per heavy atom.